The van der Waals surface area contributed by atoms with Crippen LogP contribution >= 0.6 is 0 Å². The molecule has 25 heavy (non-hydrogen) atoms. The lowest BCUT2D eigenvalue weighted by atomic mass is 9.83. The normalized spacial score (nSPS) is 21.0. The minimum atomic E-state index is -4.88. The van der Waals surface area contributed by atoms with Gasteiger partial charge in [-0.2, -0.15) is 4.72 Å². The summed E-state index contributed by atoms with van der Waals surface area (Å²) in [7, 11) is -4.00. The Morgan fingerprint density at radius 1 is 1.00 bits per heavy atom. The van der Waals surface area contributed by atoms with Gasteiger partial charge in [0, 0.05) is 0 Å². The Kier molecular flexibility index (Phi) is 3.84. The van der Waals surface area contributed by atoms with E-state index in [1.165, 1.54) is 30.3 Å². The lowest BCUT2D eigenvalue weighted by molar-refractivity contribution is -0.146. The topological polar surface area (TPSA) is 72.5 Å². The van der Waals surface area contributed by atoms with Gasteiger partial charge in [-0.05, 0) is 5.56 Å². The van der Waals surface area contributed by atoms with Crippen molar-refractivity contribution < 1.29 is 35.5 Å². The van der Waals surface area contributed by atoms with Gasteiger partial charge in [0.15, 0.2) is 28.8 Å². The summed E-state index contributed by atoms with van der Waals surface area (Å²) >= 11 is 0. The van der Waals surface area contributed by atoms with E-state index in [1.807, 2.05) is 0 Å². The maximum atomic E-state index is 14.5. The monoisotopic (exact) mass is 375 g/mol. The van der Waals surface area contributed by atoms with Gasteiger partial charge in [0.05, 0.1) is 12.7 Å². The number of methoxy groups -OCH3 is 1. The fourth-order valence-corrected chi connectivity index (χ4v) is 4.45. The summed E-state index contributed by atoms with van der Waals surface area (Å²) in [4.78, 5) is 10.9. The summed E-state index contributed by atoms with van der Waals surface area (Å²) in [5, 5.41) is 0. The van der Waals surface area contributed by atoms with Crippen molar-refractivity contribution in [3.8, 4) is 0 Å². The third-order valence-corrected chi connectivity index (χ3v) is 5.35. The van der Waals surface area contributed by atoms with Crippen LogP contribution < -0.4 is 4.72 Å². The summed E-state index contributed by atoms with van der Waals surface area (Å²) in [6.45, 7) is 0. The molecule has 0 amide bonds. The van der Waals surface area contributed by atoms with Crippen molar-refractivity contribution in [1.29, 1.82) is 0 Å². The third kappa shape index (κ3) is 2.17. The number of esters is 1. The molecule has 0 aliphatic carbocycles. The van der Waals surface area contributed by atoms with E-state index < -0.39 is 55.3 Å². The predicted octanol–water partition coefficient (Wildman–Crippen LogP) is 1.95. The number of ether oxygens (including phenoxy) is 1. The number of carbonyl (C=O) groups is 1. The molecule has 10 heteroatoms. The minimum Gasteiger partial charge on any atom is -0.467 e. The Balaban J connectivity index is 2.55. The molecule has 0 fully saturated rings. The zero-order valence-corrected chi connectivity index (χ0v) is 13.3. The van der Waals surface area contributed by atoms with E-state index in [1.54, 1.807) is 4.72 Å². The predicted molar refractivity (Wildman–Crippen MR) is 75.8 cm³/mol. The smallest absolute Gasteiger partial charge is 0.336 e. The number of sulfonamides is 1. The molecule has 0 saturated carbocycles. The lowest BCUT2D eigenvalue weighted by Crippen LogP contribution is -2.48. The molecule has 1 aliphatic heterocycles. The average molecular weight is 375 g/mol. The fourth-order valence-electron chi connectivity index (χ4n) is 2.81. The van der Waals surface area contributed by atoms with Gasteiger partial charge in [-0.25, -0.2) is 30.8 Å². The van der Waals surface area contributed by atoms with Crippen LogP contribution in [0.1, 0.15) is 11.1 Å². The molecule has 3 rings (SSSR count). The van der Waals surface area contributed by atoms with Gasteiger partial charge in [0.2, 0.25) is 10.0 Å². The van der Waals surface area contributed by atoms with Crippen LogP contribution in [0.3, 0.4) is 0 Å². The molecule has 0 saturated heterocycles. The summed E-state index contributed by atoms with van der Waals surface area (Å²) in [5.74, 6) is -10.0. The molecule has 0 spiro atoms. The van der Waals surface area contributed by atoms with Crippen LogP contribution in [-0.4, -0.2) is 21.5 Å². The zero-order chi connectivity index (χ0) is 18.6. The maximum absolute atomic E-state index is 14.5. The Labute approximate surface area is 139 Å². The first-order valence-electron chi connectivity index (χ1n) is 6.72. The summed E-state index contributed by atoms with van der Waals surface area (Å²) in [6.07, 6.45) is 0. The fraction of sp³-hybridized carbons (Fsp3) is 0.133. The van der Waals surface area contributed by atoms with Crippen molar-refractivity contribution in [3.05, 3.63) is 64.7 Å². The summed E-state index contributed by atoms with van der Waals surface area (Å²) in [5.41, 5.74) is -3.95. The molecular weight excluding hydrogens is 366 g/mol. The van der Waals surface area contributed by atoms with E-state index in [-0.39, 0.29) is 5.56 Å². The van der Waals surface area contributed by atoms with Gasteiger partial charge in [-0.1, -0.05) is 30.3 Å². The molecule has 1 atom stereocenters. The van der Waals surface area contributed by atoms with Gasteiger partial charge >= 0.3 is 5.97 Å². The molecule has 1 unspecified atom stereocenters. The van der Waals surface area contributed by atoms with Crippen LogP contribution in [0.2, 0.25) is 0 Å². The molecule has 2 aromatic carbocycles. The molecule has 1 N–H and O–H groups in total. The van der Waals surface area contributed by atoms with Crippen molar-refractivity contribution in [2.75, 3.05) is 7.11 Å². The van der Waals surface area contributed by atoms with E-state index in [0.29, 0.717) is 0 Å². The highest BCUT2D eigenvalue weighted by molar-refractivity contribution is 7.90. The van der Waals surface area contributed by atoms with Crippen LogP contribution in [-0.2, 0) is 25.1 Å². The third-order valence-electron chi connectivity index (χ3n) is 3.85. The van der Waals surface area contributed by atoms with Crippen molar-refractivity contribution in [2.24, 2.45) is 0 Å². The number of hydrogen-bond donors (Lipinski definition) is 1. The molecule has 0 aromatic heterocycles. The summed E-state index contributed by atoms with van der Waals surface area (Å²) < 4.78 is 86.8. The Bertz CT molecular complexity index is 995. The van der Waals surface area contributed by atoms with Crippen molar-refractivity contribution in [3.63, 3.8) is 0 Å². The molecule has 2 aromatic rings. The number of hydrogen-bond acceptors (Lipinski definition) is 4. The van der Waals surface area contributed by atoms with Gasteiger partial charge in [-0.15, -0.1) is 0 Å². The van der Waals surface area contributed by atoms with E-state index >= 15 is 0 Å². The Hall–Kier alpha value is -2.46. The molecular formula is C15H9F4NO4S. The van der Waals surface area contributed by atoms with E-state index in [2.05, 4.69) is 4.74 Å². The van der Waals surface area contributed by atoms with E-state index in [9.17, 15) is 30.8 Å². The van der Waals surface area contributed by atoms with E-state index in [0.717, 1.165) is 7.11 Å². The van der Waals surface area contributed by atoms with Crippen LogP contribution in [0, 0.1) is 23.3 Å². The lowest BCUT2D eigenvalue weighted by Gasteiger charge is -2.27. The largest absolute Gasteiger partial charge is 0.467 e. The molecule has 1 aliphatic rings. The van der Waals surface area contributed by atoms with Crippen LogP contribution in [0.5, 0.6) is 0 Å². The van der Waals surface area contributed by atoms with Crippen molar-refractivity contribution >= 4 is 16.0 Å². The number of fused-ring (bicyclic) bond motifs is 1. The molecule has 0 bridgehead atoms. The molecule has 0 radical (unpaired) electrons. The van der Waals surface area contributed by atoms with Crippen molar-refractivity contribution in [2.45, 2.75) is 10.4 Å². The maximum Gasteiger partial charge on any atom is 0.336 e. The van der Waals surface area contributed by atoms with E-state index in [4.69, 9.17) is 0 Å². The molecule has 5 nitrogen and oxygen atoms in total. The molecule has 132 valence electrons. The number of nitrogens with one attached hydrogen (secondary N) is 1. The quantitative estimate of drug-likeness (QED) is 0.377. The van der Waals surface area contributed by atoms with Gasteiger partial charge in [0.1, 0.15) is 4.90 Å². The molecule has 1 heterocycles. The first-order chi connectivity index (χ1) is 11.7. The van der Waals surface area contributed by atoms with Gasteiger partial charge in [0.25, 0.3) is 0 Å². The van der Waals surface area contributed by atoms with Crippen LogP contribution in [0.15, 0.2) is 35.2 Å². The zero-order valence-electron chi connectivity index (χ0n) is 12.4. The standard InChI is InChI=1S/C15H9F4NO4S/c1-24-14(21)15(7-5-3-2-4-6-7)8-9(16)10(17)11(18)12(19)13(8)25(22,23)20-15/h2-6,20H,1H3. The van der Waals surface area contributed by atoms with Crippen LogP contribution in [0.25, 0.3) is 0 Å². The van der Waals surface area contributed by atoms with Gasteiger partial charge < -0.3 is 4.74 Å². The number of halogens is 4. The number of rotatable bonds is 2. The number of benzene rings is 2. The van der Waals surface area contributed by atoms with Crippen molar-refractivity contribution in [1.82, 2.24) is 4.72 Å². The number of carbonyl (C=O) groups excluding carboxylic acids is 1. The first kappa shape index (κ1) is 17.4. The highest BCUT2D eigenvalue weighted by Crippen LogP contribution is 2.45. The average Bonchev–Trinajstić information content (AvgIpc) is 2.86. The summed E-state index contributed by atoms with van der Waals surface area (Å²) in [6, 6.07) is 6.75. The second-order valence-corrected chi connectivity index (χ2v) is 6.79. The first-order valence-corrected chi connectivity index (χ1v) is 8.21. The highest BCUT2D eigenvalue weighted by atomic mass is 32.2. The van der Waals surface area contributed by atoms with Gasteiger partial charge in [-0.3, -0.25) is 0 Å². The Morgan fingerprint density at radius 3 is 2.12 bits per heavy atom. The minimum absolute atomic E-state index is 0.159. The van der Waals surface area contributed by atoms with Crippen LogP contribution in [0.4, 0.5) is 17.6 Å². The Morgan fingerprint density at radius 2 is 1.56 bits per heavy atom. The second kappa shape index (κ2) is 5.53. The highest BCUT2D eigenvalue weighted by Gasteiger charge is 2.58. The SMILES string of the molecule is COC(=O)C1(c2ccccc2)NS(=O)(=O)c2c(F)c(F)c(F)c(F)c21. The second-order valence-electron chi connectivity index (χ2n) is 5.17.